The van der Waals surface area contributed by atoms with E-state index in [0.29, 0.717) is 36.6 Å². The number of alkyl halides is 3. The predicted molar refractivity (Wildman–Crippen MR) is 360 cm³/mol. The van der Waals surface area contributed by atoms with E-state index < -0.39 is 48.0 Å². The number of rotatable bonds is 5. The van der Waals surface area contributed by atoms with Crippen LogP contribution in [0.4, 0.5) is 13.2 Å². The van der Waals surface area contributed by atoms with Crippen molar-refractivity contribution in [1.29, 1.82) is 0 Å². The summed E-state index contributed by atoms with van der Waals surface area (Å²) in [5.74, 6) is 7.10. The van der Waals surface area contributed by atoms with E-state index in [1.54, 1.807) is 5.57 Å². The third-order valence-corrected chi connectivity index (χ3v) is 30.9. The van der Waals surface area contributed by atoms with Crippen LogP contribution in [-0.2, 0) is 47.0 Å². The summed E-state index contributed by atoms with van der Waals surface area (Å²) in [6.45, 7) is 38.0. The zero-order chi connectivity index (χ0) is 63.9. The van der Waals surface area contributed by atoms with Crippen LogP contribution in [0.25, 0.3) is 0 Å². The van der Waals surface area contributed by atoms with E-state index in [2.05, 4.69) is 137 Å². The van der Waals surface area contributed by atoms with Crippen LogP contribution < -0.4 is 0 Å². The number of halogens is 3. The van der Waals surface area contributed by atoms with Gasteiger partial charge in [-0.25, -0.2) is 0 Å². The van der Waals surface area contributed by atoms with Crippen molar-refractivity contribution >= 4 is 102 Å². The quantitative estimate of drug-likeness (QED) is 0.0850. The molecule has 8 saturated heterocycles. The van der Waals surface area contributed by atoms with Crippen LogP contribution in [0.5, 0.6) is 0 Å². The summed E-state index contributed by atoms with van der Waals surface area (Å²) in [7, 11) is 7.11. The molecule has 0 amide bonds. The molecule has 0 spiro atoms. The summed E-state index contributed by atoms with van der Waals surface area (Å²) >= 11 is -1.68. The van der Waals surface area contributed by atoms with Crippen molar-refractivity contribution < 1.29 is 58.5 Å². The number of hydrogen-bond donors (Lipinski definition) is 0. The summed E-state index contributed by atoms with van der Waals surface area (Å²) in [6, 6.07) is 0. The van der Waals surface area contributed by atoms with E-state index in [1.807, 2.05) is 63.6 Å². The van der Waals surface area contributed by atoms with Crippen LogP contribution in [-0.4, -0.2) is 182 Å². The van der Waals surface area contributed by atoms with Gasteiger partial charge in [0.1, 0.15) is 11.5 Å². The number of hydrogen-bond acceptors (Lipinski definition) is 15. The first kappa shape index (κ1) is 72.7. The van der Waals surface area contributed by atoms with Gasteiger partial charge in [0, 0.05) is 71.6 Å². The van der Waals surface area contributed by atoms with Crippen LogP contribution >= 0.6 is 47.0 Å². The Morgan fingerprint density at radius 2 is 0.826 bits per heavy atom. The molecular formula is C58H104B3F3N5O10P5SSn. The first-order valence-corrected chi connectivity index (χ1v) is 45.2. The molecule has 28 heteroatoms. The van der Waals surface area contributed by atoms with Gasteiger partial charge in [0.2, 0.25) is 0 Å². The topological polar surface area (TPSA) is 132 Å². The van der Waals surface area contributed by atoms with E-state index in [0.717, 1.165) is 68.5 Å². The normalized spacial score (nSPS) is 35.3. The van der Waals surface area contributed by atoms with E-state index in [9.17, 15) is 26.4 Å². The van der Waals surface area contributed by atoms with Gasteiger partial charge in [-0.15, -0.1) is 0 Å². The summed E-state index contributed by atoms with van der Waals surface area (Å²) in [5, 5.41) is 0. The Labute approximate surface area is 532 Å². The first-order chi connectivity index (χ1) is 39.3. The van der Waals surface area contributed by atoms with Crippen LogP contribution in [0.15, 0.2) is 44.7 Å². The maximum absolute atomic E-state index is 12.1. The fourth-order valence-electron chi connectivity index (χ4n) is 14.1. The Kier molecular flexibility index (Phi) is 23.0. The summed E-state index contributed by atoms with van der Waals surface area (Å²) < 4.78 is 111. The molecule has 15 unspecified atom stereocenters. The molecule has 0 aromatic carbocycles. The molecule has 5 aliphatic carbocycles. The second-order valence-corrected chi connectivity index (χ2v) is 50.8. The minimum absolute atomic E-state index is 0.0749. The van der Waals surface area contributed by atoms with Crippen molar-refractivity contribution in [2.24, 2.45) is 59.2 Å². The molecule has 1 saturated carbocycles. The average molecular weight is 1430 g/mol. The molecule has 0 radical (unpaired) electrons. The minimum atomic E-state index is -5.51. The zero-order valence-corrected chi connectivity index (χ0v) is 63.8. The molecule has 13 aliphatic rings. The molecule has 9 fully saturated rings. The number of nitrogens with zero attached hydrogens (tertiary/aromatic N) is 5. The van der Waals surface area contributed by atoms with E-state index in [-0.39, 0.29) is 64.7 Å². The standard InChI is InChI=1S/C13H23BNO2P.C12H24B2O4.C8H11F3NO3PS.C8H14NP.C7H12NOP.C7H11NP.3CH3.Sn/c1-12(2)13(3,4)17-14(16-12)11-5-9-7-15(18)8-10(9)6-11;1-9(2)10(3,4)16-13(15-9)14-17-11(5,6)12(7,8)18-14;9-8(10,11)17(13,14)15-7-1-5-3-12(16)4-6(5)2-7;1-6-2-7-4-9(10)5-8(7)3-6;9-7-1-5-3-8(10)4-6(5)2-7;9-8-4-6-2-1-3-7(6)5-8;;;;/h5,9-10H,6-8,18H2,1-4H3;1-8H3;1,5-6H,2-4,16H2;2,7-8H,3-5,10H2,1H3;5-6H,1-4,10H2;2,6-7H,3-5,9H2;3*1H3;. The average Bonchev–Trinajstić information content (AvgIpc) is 2.11. The number of carbonyl (C=O) groups is 1. The summed E-state index contributed by atoms with van der Waals surface area (Å²) in [5.41, 5.74) is -4.27. The molecule has 0 aromatic rings. The van der Waals surface area contributed by atoms with Crippen molar-refractivity contribution in [1.82, 2.24) is 23.4 Å². The SMILES string of the molecule is CC1(C)OB(B2OC(C)(C)C(C)(C)O2)OC1(C)C.CC1(C)OB(C2=CC3CN(P)CC3C2)OC1(C)C.CC1=CC2CN(P)CC2C1.O=C1CC2CN(P)CC2C1.O=S(=O)(OC1=CC2CN(P)CC2C1)C(F)(F)F.[CH3][Sn]([CH3])([CH3])[C]1=CC2CN(P)CC2C1. The Morgan fingerprint density at radius 3 is 1.20 bits per heavy atom. The fraction of sp³-hybridized carbons (Fsp3) is 0.845. The first-order valence-electron chi connectivity index (χ1n) is 31.2. The summed E-state index contributed by atoms with van der Waals surface area (Å²) in [6.07, 6.45) is 14.8. The van der Waals surface area contributed by atoms with Crippen molar-refractivity contribution in [2.45, 2.75) is 182 Å². The zero-order valence-electron chi connectivity index (χ0n) is 54.4. The molecule has 15 nitrogen and oxygen atoms in total. The molecule has 0 bridgehead atoms. The van der Waals surface area contributed by atoms with E-state index in [1.165, 1.54) is 57.1 Å². The molecule has 8 heterocycles. The van der Waals surface area contributed by atoms with Crippen molar-refractivity contribution in [3.8, 4) is 0 Å². The Balaban J connectivity index is 0.000000136. The molecule has 0 aromatic heterocycles. The van der Waals surface area contributed by atoms with Crippen LogP contribution in [0.3, 0.4) is 0 Å². The number of ketones is 1. The van der Waals surface area contributed by atoms with Gasteiger partial charge in [-0.2, -0.15) is 21.6 Å². The van der Waals surface area contributed by atoms with Gasteiger partial charge in [-0.3, -0.25) is 23.5 Å². The van der Waals surface area contributed by atoms with Crippen LogP contribution in [0, 0.1) is 59.2 Å². The van der Waals surface area contributed by atoms with E-state index >= 15 is 0 Å². The number of fused-ring (bicyclic) bond motifs is 5. The second kappa shape index (κ2) is 27.2. The molecule has 8 aliphatic heterocycles. The van der Waals surface area contributed by atoms with Gasteiger partial charge in [0.05, 0.1) is 33.6 Å². The molecule has 15 atom stereocenters. The third-order valence-electron chi connectivity index (χ3n) is 21.2. The van der Waals surface area contributed by atoms with Crippen molar-refractivity contribution in [3.63, 3.8) is 0 Å². The molecule has 486 valence electrons. The molecule has 13 rings (SSSR count). The Hall–Kier alpha value is 0.874. The van der Waals surface area contributed by atoms with Gasteiger partial charge in [0.25, 0.3) is 0 Å². The van der Waals surface area contributed by atoms with Crippen LogP contribution in [0.2, 0.25) is 14.8 Å². The number of carbonyl (C=O) groups excluding carboxylic acids is 1. The third kappa shape index (κ3) is 17.3. The molecule has 86 heavy (non-hydrogen) atoms. The van der Waals surface area contributed by atoms with E-state index in [4.69, 9.17) is 27.9 Å². The van der Waals surface area contributed by atoms with Gasteiger partial charge < -0.3 is 32.1 Å². The molecule has 0 N–H and O–H groups in total. The Bertz CT molecular complexity index is 2610. The predicted octanol–water partition coefficient (Wildman–Crippen LogP) is 10.9. The number of allylic oxidation sites excluding steroid dienone is 4. The van der Waals surface area contributed by atoms with Crippen molar-refractivity contribution in [2.75, 3.05) is 65.4 Å². The van der Waals surface area contributed by atoms with Crippen LogP contribution in [0.1, 0.15) is 129 Å². The molecular weight excluding hydrogens is 1320 g/mol. The van der Waals surface area contributed by atoms with Gasteiger partial charge in [0.15, 0.2) is 0 Å². The monoisotopic (exact) mass is 1430 g/mol. The Morgan fingerprint density at radius 1 is 0.488 bits per heavy atom. The van der Waals surface area contributed by atoms with Gasteiger partial charge >= 0.3 is 125 Å². The van der Waals surface area contributed by atoms with Crippen molar-refractivity contribution in [3.05, 3.63) is 44.7 Å². The fourth-order valence-corrected chi connectivity index (χ4v) is 21.7. The second-order valence-electron chi connectivity index (χ2n) is 30.9. The summed E-state index contributed by atoms with van der Waals surface area (Å²) in [4.78, 5) is 18.6. The van der Waals surface area contributed by atoms with Gasteiger partial charge in [-0.05, 0) is 162 Å². The van der Waals surface area contributed by atoms with Gasteiger partial charge in [-0.1, -0.05) is 55.3 Å². The maximum atomic E-state index is 12.1. The number of Topliss-reactive ketones (excluding diaryl/α,β-unsaturated/α-hetero) is 1.